The molecule has 0 aliphatic heterocycles. The van der Waals surface area contributed by atoms with E-state index in [4.69, 9.17) is 10.5 Å². The highest BCUT2D eigenvalue weighted by Gasteiger charge is 2.17. The van der Waals surface area contributed by atoms with Gasteiger partial charge in [0.2, 0.25) is 5.91 Å². The van der Waals surface area contributed by atoms with Crippen molar-refractivity contribution in [1.82, 2.24) is 10.2 Å². The van der Waals surface area contributed by atoms with E-state index in [1.54, 1.807) is 0 Å². The first-order valence-corrected chi connectivity index (χ1v) is 6.02. The summed E-state index contributed by atoms with van der Waals surface area (Å²) in [5.74, 6) is -1.39. The fourth-order valence-corrected chi connectivity index (χ4v) is 1.55. The summed E-state index contributed by atoms with van der Waals surface area (Å²) in [5.41, 5.74) is 5.83. The van der Waals surface area contributed by atoms with E-state index in [1.807, 2.05) is 0 Å². The summed E-state index contributed by atoms with van der Waals surface area (Å²) in [6.07, 6.45) is 0. The van der Waals surface area contributed by atoms with Gasteiger partial charge in [-0.1, -0.05) is 0 Å². The molecule has 2 amide bonds. The van der Waals surface area contributed by atoms with E-state index in [0.29, 0.717) is 13.2 Å². The number of nitrogens with one attached hydrogen (secondary N) is 1. The fourth-order valence-electron chi connectivity index (χ4n) is 1.55. The first-order valence-electron chi connectivity index (χ1n) is 6.02. The van der Waals surface area contributed by atoms with Crippen molar-refractivity contribution in [2.45, 2.75) is 0 Å². The second kappa shape index (κ2) is 7.44. The predicted octanol–water partition coefficient (Wildman–Crippen LogP) is 0.243. The van der Waals surface area contributed by atoms with Crippen LogP contribution in [-0.4, -0.2) is 50.6 Å². The standard InChI is InChI=1S/C13H18FN3O3/c1-17(8-12(18)16-5-6-20-2)13(19)10-7-9(14)3-4-11(10)15/h3-4,7H,5-6,8,15H2,1-2H3,(H,16,18). The zero-order chi connectivity index (χ0) is 15.1. The largest absolute Gasteiger partial charge is 0.398 e. The summed E-state index contributed by atoms with van der Waals surface area (Å²) in [4.78, 5) is 24.8. The Morgan fingerprint density at radius 3 is 2.80 bits per heavy atom. The van der Waals surface area contributed by atoms with Crippen molar-refractivity contribution in [3.05, 3.63) is 29.6 Å². The van der Waals surface area contributed by atoms with Crippen molar-refractivity contribution in [3.63, 3.8) is 0 Å². The molecule has 110 valence electrons. The number of nitrogens with zero attached hydrogens (tertiary/aromatic N) is 1. The monoisotopic (exact) mass is 283 g/mol. The maximum Gasteiger partial charge on any atom is 0.256 e. The third kappa shape index (κ3) is 4.51. The molecule has 1 aromatic carbocycles. The minimum Gasteiger partial charge on any atom is -0.398 e. The molecule has 3 N–H and O–H groups in total. The summed E-state index contributed by atoms with van der Waals surface area (Å²) in [5, 5.41) is 2.58. The number of amides is 2. The molecule has 0 saturated heterocycles. The lowest BCUT2D eigenvalue weighted by Crippen LogP contribution is -2.39. The Morgan fingerprint density at radius 1 is 1.45 bits per heavy atom. The molecular formula is C13H18FN3O3. The third-order valence-corrected chi connectivity index (χ3v) is 2.60. The summed E-state index contributed by atoms with van der Waals surface area (Å²) in [6.45, 7) is 0.609. The highest BCUT2D eigenvalue weighted by molar-refractivity contribution is 6.00. The summed E-state index contributed by atoms with van der Waals surface area (Å²) >= 11 is 0. The molecule has 0 unspecified atom stereocenters. The van der Waals surface area contributed by atoms with Gasteiger partial charge < -0.3 is 20.7 Å². The van der Waals surface area contributed by atoms with E-state index < -0.39 is 11.7 Å². The first kappa shape index (κ1) is 15.9. The van der Waals surface area contributed by atoms with Crippen LogP contribution in [0.3, 0.4) is 0 Å². The van der Waals surface area contributed by atoms with Crippen molar-refractivity contribution >= 4 is 17.5 Å². The number of anilines is 1. The number of carbonyl (C=O) groups is 2. The van der Waals surface area contributed by atoms with Gasteiger partial charge in [0.05, 0.1) is 18.7 Å². The molecule has 0 fully saturated rings. The number of nitrogen functional groups attached to an aromatic ring is 1. The molecule has 0 bridgehead atoms. The molecule has 20 heavy (non-hydrogen) atoms. The van der Waals surface area contributed by atoms with Crippen LogP contribution >= 0.6 is 0 Å². The van der Waals surface area contributed by atoms with Crippen molar-refractivity contribution in [3.8, 4) is 0 Å². The number of halogens is 1. The van der Waals surface area contributed by atoms with Gasteiger partial charge in [0.15, 0.2) is 0 Å². The van der Waals surface area contributed by atoms with Crippen LogP contribution in [0.4, 0.5) is 10.1 Å². The smallest absolute Gasteiger partial charge is 0.256 e. The Labute approximate surface area is 116 Å². The van der Waals surface area contributed by atoms with Gasteiger partial charge in [0, 0.05) is 26.4 Å². The normalized spacial score (nSPS) is 10.2. The molecule has 6 nitrogen and oxygen atoms in total. The molecule has 1 aromatic rings. The predicted molar refractivity (Wildman–Crippen MR) is 72.7 cm³/mol. The molecule has 7 heteroatoms. The highest BCUT2D eigenvalue weighted by atomic mass is 19.1. The maximum absolute atomic E-state index is 13.1. The lowest BCUT2D eigenvalue weighted by Gasteiger charge is -2.17. The van der Waals surface area contributed by atoms with Crippen molar-refractivity contribution in [2.24, 2.45) is 0 Å². The zero-order valence-corrected chi connectivity index (χ0v) is 11.5. The van der Waals surface area contributed by atoms with Gasteiger partial charge >= 0.3 is 0 Å². The molecular weight excluding hydrogens is 265 g/mol. The van der Waals surface area contributed by atoms with Gasteiger partial charge in [0.1, 0.15) is 5.82 Å². The molecule has 0 spiro atoms. The lowest BCUT2D eigenvalue weighted by molar-refractivity contribution is -0.121. The van der Waals surface area contributed by atoms with Crippen LogP contribution in [0.15, 0.2) is 18.2 Å². The van der Waals surface area contributed by atoms with Crippen LogP contribution < -0.4 is 11.1 Å². The number of hydrogen-bond acceptors (Lipinski definition) is 4. The Kier molecular flexibility index (Phi) is 5.92. The molecule has 0 radical (unpaired) electrons. The molecule has 0 saturated carbocycles. The second-order valence-corrected chi connectivity index (χ2v) is 4.24. The van der Waals surface area contributed by atoms with Crippen LogP contribution in [-0.2, 0) is 9.53 Å². The molecule has 0 aliphatic carbocycles. The van der Waals surface area contributed by atoms with Gasteiger partial charge in [-0.2, -0.15) is 0 Å². The van der Waals surface area contributed by atoms with Crippen LogP contribution in [0, 0.1) is 5.82 Å². The molecule has 1 rings (SSSR count). The quantitative estimate of drug-likeness (QED) is 0.578. The fraction of sp³-hybridized carbons (Fsp3) is 0.385. The number of rotatable bonds is 6. The Hall–Kier alpha value is -2.15. The van der Waals surface area contributed by atoms with E-state index in [9.17, 15) is 14.0 Å². The van der Waals surface area contributed by atoms with Crippen LogP contribution in [0.25, 0.3) is 0 Å². The lowest BCUT2D eigenvalue weighted by atomic mass is 10.1. The van der Waals surface area contributed by atoms with Crippen molar-refractivity contribution in [1.29, 1.82) is 0 Å². The third-order valence-electron chi connectivity index (χ3n) is 2.60. The molecule has 0 heterocycles. The second-order valence-electron chi connectivity index (χ2n) is 4.24. The number of benzene rings is 1. The van der Waals surface area contributed by atoms with Crippen LogP contribution in [0.1, 0.15) is 10.4 Å². The number of hydrogen-bond donors (Lipinski definition) is 2. The minimum atomic E-state index is -0.555. The summed E-state index contributed by atoms with van der Waals surface area (Å²) in [7, 11) is 2.97. The number of nitrogens with two attached hydrogens (primary N) is 1. The highest BCUT2D eigenvalue weighted by Crippen LogP contribution is 2.15. The average molecular weight is 283 g/mol. The van der Waals surface area contributed by atoms with E-state index >= 15 is 0 Å². The average Bonchev–Trinajstić information content (AvgIpc) is 2.41. The Bertz CT molecular complexity index is 494. The molecule has 0 atom stereocenters. The molecule has 0 aliphatic rings. The van der Waals surface area contributed by atoms with Gasteiger partial charge in [-0.15, -0.1) is 0 Å². The van der Waals surface area contributed by atoms with Crippen molar-refractivity contribution < 1.29 is 18.7 Å². The maximum atomic E-state index is 13.1. The topological polar surface area (TPSA) is 84.7 Å². The SMILES string of the molecule is COCCNC(=O)CN(C)C(=O)c1cc(F)ccc1N. The summed E-state index contributed by atoms with van der Waals surface area (Å²) in [6, 6.07) is 3.54. The zero-order valence-electron chi connectivity index (χ0n) is 11.5. The van der Waals surface area contributed by atoms with Gasteiger partial charge in [0.25, 0.3) is 5.91 Å². The van der Waals surface area contributed by atoms with E-state index in [-0.39, 0.29) is 23.7 Å². The van der Waals surface area contributed by atoms with Crippen molar-refractivity contribution in [2.75, 3.05) is 39.6 Å². The van der Waals surface area contributed by atoms with Gasteiger partial charge in [-0.05, 0) is 18.2 Å². The minimum absolute atomic E-state index is 0.0391. The number of likely N-dealkylation sites (N-methyl/N-ethyl adjacent to an activating group) is 1. The number of carbonyl (C=O) groups excluding carboxylic acids is 2. The summed E-state index contributed by atoms with van der Waals surface area (Å²) < 4.78 is 17.9. The van der Waals surface area contributed by atoms with E-state index in [0.717, 1.165) is 6.07 Å². The first-order chi connectivity index (χ1) is 9.45. The van der Waals surface area contributed by atoms with Crippen LogP contribution in [0.2, 0.25) is 0 Å². The van der Waals surface area contributed by atoms with E-state index in [2.05, 4.69) is 5.32 Å². The molecule has 0 aromatic heterocycles. The number of methoxy groups -OCH3 is 1. The Balaban J connectivity index is 2.62. The number of ether oxygens (including phenoxy) is 1. The Morgan fingerprint density at radius 2 is 2.15 bits per heavy atom. The van der Waals surface area contributed by atoms with Gasteiger partial charge in [-0.3, -0.25) is 9.59 Å². The van der Waals surface area contributed by atoms with Gasteiger partial charge in [-0.25, -0.2) is 4.39 Å². The van der Waals surface area contributed by atoms with E-state index in [1.165, 1.54) is 31.2 Å². The van der Waals surface area contributed by atoms with Crippen LogP contribution in [0.5, 0.6) is 0 Å².